The van der Waals surface area contributed by atoms with E-state index in [1.54, 1.807) is 18.2 Å². The first-order valence-corrected chi connectivity index (χ1v) is 8.23. The molecule has 0 aliphatic rings. The molecule has 0 bridgehead atoms. The number of nitrogens with one attached hydrogen (secondary N) is 2. The molecule has 2 N–H and O–H groups in total. The van der Waals surface area contributed by atoms with Crippen LogP contribution in [0, 0.1) is 17.5 Å². The highest BCUT2D eigenvalue weighted by atomic mass is 19.1. The quantitative estimate of drug-likeness (QED) is 0.682. The average Bonchev–Trinajstić information content (AvgIpc) is 2.66. The summed E-state index contributed by atoms with van der Waals surface area (Å²) in [7, 11) is 0. The van der Waals surface area contributed by atoms with Gasteiger partial charge in [0.1, 0.15) is 29.0 Å². The number of para-hydroxylation sites is 1. The molecular weight excluding hydrogens is 355 g/mol. The highest BCUT2D eigenvalue weighted by molar-refractivity contribution is 5.94. The van der Waals surface area contributed by atoms with Gasteiger partial charge in [0.05, 0.1) is 0 Å². The van der Waals surface area contributed by atoms with E-state index in [9.17, 15) is 18.0 Å². The van der Waals surface area contributed by atoms with Gasteiger partial charge >= 0.3 is 0 Å². The number of nitrogens with zero attached hydrogens (tertiary/aromatic N) is 1. The first-order valence-electron chi connectivity index (χ1n) is 8.23. The Labute approximate surface area is 154 Å². The van der Waals surface area contributed by atoms with Crippen LogP contribution >= 0.6 is 0 Å². The van der Waals surface area contributed by atoms with E-state index in [1.807, 2.05) is 0 Å². The standard InChI is InChI=1S/C20H16F3N3O/c21-15-5-2-1-4-13(15)8-11-25-20(27)14-9-10-24-18(12-14)26-19-16(22)6-3-7-17(19)23/h1-7,9-10,12H,8,11H2,(H,24,26)(H,25,27). The molecule has 2 aromatic carbocycles. The molecule has 1 aromatic heterocycles. The van der Waals surface area contributed by atoms with E-state index in [0.29, 0.717) is 12.0 Å². The fraction of sp³-hybridized carbons (Fsp3) is 0.100. The Hall–Kier alpha value is -3.35. The first kappa shape index (κ1) is 18.4. The minimum Gasteiger partial charge on any atom is -0.352 e. The molecule has 0 saturated heterocycles. The molecule has 27 heavy (non-hydrogen) atoms. The zero-order valence-corrected chi connectivity index (χ0v) is 14.2. The van der Waals surface area contributed by atoms with Crippen LogP contribution in [-0.4, -0.2) is 17.4 Å². The third kappa shape index (κ3) is 4.63. The molecule has 0 aliphatic heterocycles. The number of amides is 1. The Morgan fingerprint density at radius 3 is 2.37 bits per heavy atom. The summed E-state index contributed by atoms with van der Waals surface area (Å²) in [6, 6.07) is 12.7. The Morgan fingerprint density at radius 1 is 0.926 bits per heavy atom. The maximum absolute atomic E-state index is 13.7. The maximum atomic E-state index is 13.7. The lowest BCUT2D eigenvalue weighted by Gasteiger charge is -2.10. The van der Waals surface area contributed by atoms with Crippen LogP contribution in [0.25, 0.3) is 0 Å². The van der Waals surface area contributed by atoms with Crippen molar-refractivity contribution in [2.75, 3.05) is 11.9 Å². The Balaban J connectivity index is 1.64. The smallest absolute Gasteiger partial charge is 0.251 e. The zero-order valence-electron chi connectivity index (χ0n) is 14.2. The number of aromatic nitrogens is 1. The van der Waals surface area contributed by atoms with E-state index < -0.39 is 17.5 Å². The van der Waals surface area contributed by atoms with Crippen LogP contribution in [0.3, 0.4) is 0 Å². The van der Waals surface area contributed by atoms with Crippen molar-refractivity contribution >= 4 is 17.4 Å². The lowest BCUT2D eigenvalue weighted by Crippen LogP contribution is -2.26. The molecule has 0 aliphatic carbocycles. The number of hydrogen-bond donors (Lipinski definition) is 2. The minimum atomic E-state index is -0.767. The summed E-state index contributed by atoms with van der Waals surface area (Å²) in [5.74, 6) is -2.13. The van der Waals surface area contributed by atoms with Crippen LogP contribution < -0.4 is 10.6 Å². The van der Waals surface area contributed by atoms with E-state index in [-0.39, 0.29) is 29.4 Å². The second-order valence-corrected chi connectivity index (χ2v) is 5.75. The van der Waals surface area contributed by atoms with Gasteiger partial charge in [-0.2, -0.15) is 0 Å². The molecule has 0 fully saturated rings. The van der Waals surface area contributed by atoms with Crippen molar-refractivity contribution in [3.8, 4) is 0 Å². The van der Waals surface area contributed by atoms with Crippen LogP contribution in [0.1, 0.15) is 15.9 Å². The number of halogens is 3. The SMILES string of the molecule is O=C(NCCc1ccccc1F)c1ccnc(Nc2c(F)cccc2F)c1. The van der Waals surface area contributed by atoms with Crippen LogP contribution in [0.2, 0.25) is 0 Å². The summed E-state index contributed by atoms with van der Waals surface area (Å²) >= 11 is 0. The van der Waals surface area contributed by atoms with Crippen molar-refractivity contribution in [1.82, 2.24) is 10.3 Å². The molecule has 0 spiro atoms. The van der Waals surface area contributed by atoms with Gasteiger partial charge in [-0.1, -0.05) is 24.3 Å². The molecule has 138 valence electrons. The minimum absolute atomic E-state index is 0.126. The van der Waals surface area contributed by atoms with Gasteiger partial charge in [-0.25, -0.2) is 18.2 Å². The number of anilines is 2. The highest BCUT2D eigenvalue weighted by Gasteiger charge is 2.11. The van der Waals surface area contributed by atoms with Crippen molar-refractivity contribution < 1.29 is 18.0 Å². The van der Waals surface area contributed by atoms with Crippen LogP contribution in [-0.2, 0) is 6.42 Å². The van der Waals surface area contributed by atoms with Crippen molar-refractivity contribution in [2.24, 2.45) is 0 Å². The van der Waals surface area contributed by atoms with Gasteiger partial charge in [-0.05, 0) is 42.3 Å². The van der Waals surface area contributed by atoms with Crippen LogP contribution in [0.5, 0.6) is 0 Å². The van der Waals surface area contributed by atoms with Crippen molar-refractivity contribution in [3.05, 3.63) is 89.4 Å². The number of benzene rings is 2. The number of rotatable bonds is 6. The van der Waals surface area contributed by atoms with Gasteiger partial charge in [-0.3, -0.25) is 4.79 Å². The Morgan fingerprint density at radius 2 is 1.63 bits per heavy atom. The molecular formula is C20H16F3N3O. The van der Waals surface area contributed by atoms with Crippen LogP contribution in [0.4, 0.5) is 24.7 Å². The first-order chi connectivity index (χ1) is 13.0. The predicted molar refractivity (Wildman–Crippen MR) is 96.3 cm³/mol. The normalized spacial score (nSPS) is 10.5. The third-order valence-electron chi connectivity index (χ3n) is 3.88. The van der Waals surface area contributed by atoms with E-state index in [1.165, 1.54) is 30.5 Å². The molecule has 0 unspecified atom stereocenters. The van der Waals surface area contributed by atoms with Gasteiger partial charge in [0.25, 0.3) is 5.91 Å². The third-order valence-corrected chi connectivity index (χ3v) is 3.88. The molecule has 1 heterocycles. The number of hydrogen-bond acceptors (Lipinski definition) is 3. The molecule has 7 heteroatoms. The summed E-state index contributed by atoms with van der Waals surface area (Å²) < 4.78 is 41.0. The maximum Gasteiger partial charge on any atom is 0.251 e. The van der Waals surface area contributed by atoms with Gasteiger partial charge in [0, 0.05) is 18.3 Å². The van der Waals surface area contributed by atoms with Gasteiger partial charge in [-0.15, -0.1) is 0 Å². The largest absolute Gasteiger partial charge is 0.352 e. The van der Waals surface area contributed by atoms with E-state index >= 15 is 0 Å². The summed E-state index contributed by atoms with van der Waals surface area (Å²) in [6.45, 7) is 0.243. The van der Waals surface area contributed by atoms with Crippen molar-refractivity contribution in [3.63, 3.8) is 0 Å². The molecule has 0 radical (unpaired) electrons. The topological polar surface area (TPSA) is 54.0 Å². The Kier molecular flexibility index (Phi) is 5.71. The molecule has 1 amide bonds. The highest BCUT2D eigenvalue weighted by Crippen LogP contribution is 2.22. The number of carbonyl (C=O) groups excluding carboxylic acids is 1. The molecule has 0 atom stereocenters. The van der Waals surface area contributed by atoms with Gasteiger partial charge in [0.15, 0.2) is 0 Å². The average molecular weight is 371 g/mol. The number of pyridine rings is 1. The monoisotopic (exact) mass is 371 g/mol. The molecule has 3 rings (SSSR count). The van der Waals surface area contributed by atoms with Crippen molar-refractivity contribution in [2.45, 2.75) is 6.42 Å². The van der Waals surface area contributed by atoms with Crippen LogP contribution in [0.15, 0.2) is 60.8 Å². The summed E-state index contributed by atoms with van der Waals surface area (Å²) in [5.41, 5.74) is 0.421. The fourth-order valence-electron chi connectivity index (χ4n) is 2.50. The molecule has 3 aromatic rings. The Bertz CT molecular complexity index is 942. The van der Waals surface area contributed by atoms with Gasteiger partial charge < -0.3 is 10.6 Å². The summed E-state index contributed by atoms with van der Waals surface area (Å²) in [6.07, 6.45) is 1.70. The lowest BCUT2D eigenvalue weighted by atomic mass is 10.1. The zero-order chi connectivity index (χ0) is 19.2. The second kappa shape index (κ2) is 8.35. The van der Waals surface area contributed by atoms with Crippen molar-refractivity contribution in [1.29, 1.82) is 0 Å². The van der Waals surface area contributed by atoms with E-state index in [2.05, 4.69) is 15.6 Å². The summed E-state index contributed by atoms with van der Waals surface area (Å²) in [4.78, 5) is 16.2. The lowest BCUT2D eigenvalue weighted by molar-refractivity contribution is 0.0954. The molecule has 0 saturated carbocycles. The van der Waals surface area contributed by atoms with Gasteiger partial charge in [0.2, 0.25) is 0 Å². The predicted octanol–water partition coefficient (Wildman–Crippen LogP) is 4.22. The molecule has 4 nitrogen and oxygen atoms in total. The number of carbonyl (C=O) groups is 1. The second-order valence-electron chi connectivity index (χ2n) is 5.75. The summed E-state index contributed by atoms with van der Waals surface area (Å²) in [5, 5.41) is 5.21. The van der Waals surface area contributed by atoms with E-state index in [0.717, 1.165) is 12.1 Å². The van der Waals surface area contributed by atoms with E-state index in [4.69, 9.17) is 0 Å². The fourth-order valence-corrected chi connectivity index (χ4v) is 2.50.